The zero-order chi connectivity index (χ0) is 8.53. The highest BCUT2D eigenvalue weighted by Gasteiger charge is 2.03. The molecular weight excluding hydrogens is 136 g/mol. The topological polar surface area (TPSA) is 9.23 Å². The lowest BCUT2D eigenvalue weighted by Crippen LogP contribution is -2.09. The number of unbranched alkanes of at least 4 members (excludes halogenated alkanes) is 2. The number of methoxy groups -OCH3 is 1. The van der Waals surface area contributed by atoms with Gasteiger partial charge in [0.25, 0.3) is 0 Å². The summed E-state index contributed by atoms with van der Waals surface area (Å²) >= 11 is 0. The van der Waals surface area contributed by atoms with Gasteiger partial charge >= 0.3 is 0 Å². The van der Waals surface area contributed by atoms with Crippen molar-refractivity contribution in [3.8, 4) is 0 Å². The Bertz CT molecular complexity index is 71.3. The molecular formula is C10H21O. The minimum absolute atomic E-state index is 0.457. The average Bonchev–Trinajstić information content (AvgIpc) is 2.03. The van der Waals surface area contributed by atoms with Gasteiger partial charge in [0.15, 0.2) is 0 Å². The van der Waals surface area contributed by atoms with Crippen LogP contribution in [0.15, 0.2) is 0 Å². The van der Waals surface area contributed by atoms with Crippen LogP contribution >= 0.6 is 0 Å². The molecule has 1 heteroatoms. The average molecular weight is 157 g/mol. The first-order valence-electron chi connectivity index (χ1n) is 4.67. The molecule has 0 saturated carbocycles. The highest BCUT2D eigenvalue weighted by molar-refractivity contribution is 4.58. The van der Waals surface area contributed by atoms with Crippen LogP contribution in [0.2, 0.25) is 0 Å². The van der Waals surface area contributed by atoms with Gasteiger partial charge in [0.2, 0.25) is 0 Å². The number of hydrogen-bond acceptors (Lipinski definition) is 1. The number of ether oxygens (including phenoxy) is 1. The summed E-state index contributed by atoms with van der Waals surface area (Å²) in [6, 6.07) is 0. The predicted octanol–water partition coefficient (Wildman–Crippen LogP) is 3.20. The Hall–Kier alpha value is -0.0400. The van der Waals surface area contributed by atoms with E-state index in [-0.39, 0.29) is 0 Å². The first-order chi connectivity index (χ1) is 5.35. The quantitative estimate of drug-likeness (QED) is 0.516. The first kappa shape index (κ1) is 11.0. The van der Waals surface area contributed by atoms with Gasteiger partial charge in [-0.1, -0.05) is 39.5 Å². The van der Waals surface area contributed by atoms with E-state index >= 15 is 0 Å². The van der Waals surface area contributed by atoms with Crippen LogP contribution < -0.4 is 0 Å². The summed E-state index contributed by atoms with van der Waals surface area (Å²) in [5.41, 5.74) is 0. The van der Waals surface area contributed by atoms with Gasteiger partial charge in [-0.15, -0.1) is 0 Å². The van der Waals surface area contributed by atoms with Crippen LogP contribution in [0.4, 0.5) is 0 Å². The Kier molecular flexibility index (Phi) is 8.03. The van der Waals surface area contributed by atoms with Crippen molar-refractivity contribution in [2.24, 2.45) is 0 Å². The van der Waals surface area contributed by atoms with E-state index in [9.17, 15) is 0 Å². The van der Waals surface area contributed by atoms with E-state index in [1.54, 1.807) is 7.11 Å². The Labute approximate surface area is 71.1 Å². The zero-order valence-corrected chi connectivity index (χ0v) is 7.94. The fraction of sp³-hybridized carbons (Fsp3) is 0.900. The van der Waals surface area contributed by atoms with Gasteiger partial charge in [0.1, 0.15) is 0 Å². The van der Waals surface area contributed by atoms with Crippen molar-refractivity contribution in [1.29, 1.82) is 0 Å². The summed E-state index contributed by atoms with van der Waals surface area (Å²) in [6.45, 7) is 6.05. The minimum atomic E-state index is 0.457. The summed E-state index contributed by atoms with van der Waals surface area (Å²) in [4.78, 5) is 0. The maximum atomic E-state index is 5.30. The van der Waals surface area contributed by atoms with Gasteiger partial charge < -0.3 is 4.74 Å². The normalized spacial score (nSPS) is 13.4. The fourth-order valence-electron chi connectivity index (χ4n) is 1.23. The largest absolute Gasteiger partial charge is 0.381 e. The molecule has 0 heterocycles. The second kappa shape index (κ2) is 8.06. The van der Waals surface area contributed by atoms with Crippen molar-refractivity contribution >= 4 is 0 Å². The third-order valence-electron chi connectivity index (χ3n) is 1.99. The van der Waals surface area contributed by atoms with E-state index in [2.05, 4.69) is 13.8 Å². The van der Waals surface area contributed by atoms with Crippen LogP contribution in [0.1, 0.15) is 45.4 Å². The van der Waals surface area contributed by atoms with Gasteiger partial charge in [-0.3, -0.25) is 0 Å². The lowest BCUT2D eigenvalue weighted by atomic mass is 10.1. The lowest BCUT2D eigenvalue weighted by molar-refractivity contribution is 0.0864. The maximum absolute atomic E-state index is 5.30. The Morgan fingerprint density at radius 1 is 1.27 bits per heavy atom. The van der Waals surface area contributed by atoms with Crippen molar-refractivity contribution in [2.75, 3.05) is 7.11 Å². The maximum Gasteiger partial charge on any atom is 0.0571 e. The first-order valence-corrected chi connectivity index (χ1v) is 4.67. The molecule has 11 heavy (non-hydrogen) atoms. The molecule has 0 aromatic heterocycles. The van der Waals surface area contributed by atoms with Crippen LogP contribution in [-0.2, 0) is 4.74 Å². The SMILES string of the molecule is [CH2]CCC(CCCCC)OC. The third-order valence-corrected chi connectivity index (χ3v) is 1.99. The molecule has 1 atom stereocenters. The van der Waals surface area contributed by atoms with E-state index in [1.165, 1.54) is 25.7 Å². The van der Waals surface area contributed by atoms with Crippen molar-refractivity contribution in [2.45, 2.75) is 51.6 Å². The second-order valence-corrected chi connectivity index (χ2v) is 3.00. The monoisotopic (exact) mass is 157 g/mol. The van der Waals surface area contributed by atoms with Crippen LogP contribution in [0, 0.1) is 6.92 Å². The fourth-order valence-corrected chi connectivity index (χ4v) is 1.23. The van der Waals surface area contributed by atoms with Crippen LogP contribution in [-0.4, -0.2) is 13.2 Å². The molecule has 0 amide bonds. The zero-order valence-electron chi connectivity index (χ0n) is 7.94. The lowest BCUT2D eigenvalue weighted by Gasteiger charge is -2.13. The van der Waals surface area contributed by atoms with E-state index in [0.717, 1.165) is 12.8 Å². The van der Waals surface area contributed by atoms with Crippen LogP contribution in [0.5, 0.6) is 0 Å². The molecule has 1 unspecified atom stereocenters. The molecule has 0 aliphatic rings. The second-order valence-electron chi connectivity index (χ2n) is 3.00. The molecule has 0 rings (SSSR count). The van der Waals surface area contributed by atoms with Gasteiger partial charge in [0.05, 0.1) is 6.10 Å². The molecule has 1 nitrogen and oxygen atoms in total. The Morgan fingerprint density at radius 2 is 2.00 bits per heavy atom. The highest BCUT2D eigenvalue weighted by atomic mass is 16.5. The third kappa shape index (κ3) is 6.36. The van der Waals surface area contributed by atoms with Crippen LogP contribution in [0.25, 0.3) is 0 Å². The van der Waals surface area contributed by atoms with Crippen molar-refractivity contribution in [1.82, 2.24) is 0 Å². The standard InChI is InChI=1S/C10H21O/c1-4-6-7-9-10(11-3)8-5-2/h10H,2,4-9H2,1,3H3. The number of hydrogen-bond donors (Lipinski definition) is 0. The summed E-state index contributed by atoms with van der Waals surface area (Å²) in [7, 11) is 1.80. The van der Waals surface area contributed by atoms with Gasteiger partial charge in [-0.05, 0) is 12.8 Å². The summed E-state index contributed by atoms with van der Waals surface area (Å²) in [5, 5.41) is 0. The van der Waals surface area contributed by atoms with E-state index in [0.29, 0.717) is 6.10 Å². The van der Waals surface area contributed by atoms with Gasteiger partial charge in [-0.2, -0.15) is 0 Å². The van der Waals surface area contributed by atoms with Crippen molar-refractivity contribution in [3.05, 3.63) is 6.92 Å². The van der Waals surface area contributed by atoms with E-state index in [4.69, 9.17) is 4.74 Å². The molecule has 0 fully saturated rings. The molecule has 0 bridgehead atoms. The van der Waals surface area contributed by atoms with E-state index in [1.807, 2.05) is 0 Å². The molecule has 0 aromatic carbocycles. The van der Waals surface area contributed by atoms with Crippen LogP contribution in [0.3, 0.4) is 0 Å². The Balaban J connectivity index is 3.20. The molecule has 0 aromatic rings. The molecule has 0 aliphatic heterocycles. The molecule has 0 saturated heterocycles. The minimum Gasteiger partial charge on any atom is -0.381 e. The molecule has 0 N–H and O–H groups in total. The van der Waals surface area contributed by atoms with Gasteiger partial charge in [0, 0.05) is 7.11 Å². The highest BCUT2D eigenvalue weighted by Crippen LogP contribution is 2.10. The molecule has 0 spiro atoms. The van der Waals surface area contributed by atoms with Crippen molar-refractivity contribution < 1.29 is 4.74 Å². The predicted molar refractivity (Wildman–Crippen MR) is 49.5 cm³/mol. The Morgan fingerprint density at radius 3 is 2.45 bits per heavy atom. The summed E-state index contributed by atoms with van der Waals surface area (Å²) < 4.78 is 5.30. The van der Waals surface area contributed by atoms with Crippen molar-refractivity contribution in [3.63, 3.8) is 0 Å². The van der Waals surface area contributed by atoms with E-state index < -0.39 is 0 Å². The summed E-state index contributed by atoms with van der Waals surface area (Å²) in [6.07, 6.45) is 7.69. The molecule has 0 aliphatic carbocycles. The molecule has 1 radical (unpaired) electrons. The summed E-state index contributed by atoms with van der Waals surface area (Å²) in [5.74, 6) is 0. The smallest absolute Gasteiger partial charge is 0.0571 e. The molecule has 67 valence electrons. The van der Waals surface area contributed by atoms with Gasteiger partial charge in [-0.25, -0.2) is 0 Å². The number of rotatable bonds is 7.